The van der Waals surface area contributed by atoms with Crippen molar-refractivity contribution in [2.45, 2.75) is 19.8 Å². The first-order valence-corrected chi connectivity index (χ1v) is 6.16. The molecule has 0 spiro atoms. The maximum atomic E-state index is 11.4. The lowest BCUT2D eigenvalue weighted by Gasteiger charge is -2.05. The molecule has 3 nitrogen and oxygen atoms in total. The van der Waals surface area contributed by atoms with Crippen molar-refractivity contribution in [3.05, 3.63) is 34.7 Å². The summed E-state index contributed by atoms with van der Waals surface area (Å²) in [4.78, 5) is 12.4. The van der Waals surface area contributed by atoms with Crippen molar-refractivity contribution in [2.24, 2.45) is 0 Å². The lowest BCUT2D eigenvalue weighted by molar-refractivity contribution is -0.117. The molecule has 0 bridgehead atoms. The van der Waals surface area contributed by atoms with Crippen molar-refractivity contribution < 1.29 is 14.3 Å². The largest absolute Gasteiger partial charge is 0.458 e. The quantitative estimate of drug-likeness (QED) is 0.703. The van der Waals surface area contributed by atoms with Crippen LogP contribution in [0.1, 0.15) is 19.8 Å². The van der Waals surface area contributed by atoms with Crippen LogP contribution in [0, 0.1) is 0 Å². The Bertz CT molecular complexity index is 393. The zero-order valence-corrected chi connectivity index (χ0v) is 10.1. The third-order valence-corrected chi connectivity index (χ3v) is 3.62. The highest BCUT2D eigenvalue weighted by Crippen LogP contribution is 2.32. The van der Waals surface area contributed by atoms with E-state index in [2.05, 4.69) is 6.58 Å². The van der Waals surface area contributed by atoms with Crippen molar-refractivity contribution >= 4 is 17.5 Å². The molecular formula is C12H14O3S. The standard InChI is InChI=1S/C12H14O3S/c1-8-5-10(13)3-4-16-12(8)6-11-9(2)14-7-15-11/h6H,1,3-5,7H2,2H3/b12-6+. The molecule has 16 heavy (non-hydrogen) atoms. The number of carbonyl (C=O) groups excluding carboxylic acids is 1. The van der Waals surface area contributed by atoms with Crippen molar-refractivity contribution in [2.75, 3.05) is 12.5 Å². The van der Waals surface area contributed by atoms with Crippen molar-refractivity contribution in [1.82, 2.24) is 0 Å². The number of thioether (sulfide) groups is 1. The lowest BCUT2D eigenvalue weighted by atomic mass is 10.1. The summed E-state index contributed by atoms with van der Waals surface area (Å²) in [5.41, 5.74) is 0.878. The smallest absolute Gasteiger partial charge is 0.230 e. The molecule has 0 N–H and O–H groups in total. The number of carbonyl (C=O) groups is 1. The average Bonchev–Trinajstić information content (AvgIpc) is 2.55. The average molecular weight is 238 g/mol. The van der Waals surface area contributed by atoms with Gasteiger partial charge in [-0.3, -0.25) is 4.79 Å². The summed E-state index contributed by atoms with van der Waals surface area (Å²) in [7, 11) is 0. The summed E-state index contributed by atoms with van der Waals surface area (Å²) in [5, 5.41) is 0. The minimum absolute atomic E-state index is 0.259. The van der Waals surface area contributed by atoms with Crippen LogP contribution in [0.2, 0.25) is 0 Å². The molecule has 4 heteroatoms. The summed E-state index contributed by atoms with van der Waals surface area (Å²) in [6, 6.07) is 0. The Morgan fingerprint density at radius 3 is 2.94 bits per heavy atom. The molecule has 0 aromatic rings. The van der Waals surface area contributed by atoms with E-state index in [0.29, 0.717) is 12.8 Å². The zero-order chi connectivity index (χ0) is 11.5. The number of allylic oxidation sites excluding steroid dienone is 3. The van der Waals surface area contributed by atoms with E-state index in [1.54, 1.807) is 11.8 Å². The van der Waals surface area contributed by atoms with Crippen LogP contribution in [0.3, 0.4) is 0 Å². The van der Waals surface area contributed by atoms with E-state index in [0.717, 1.165) is 27.7 Å². The van der Waals surface area contributed by atoms with Gasteiger partial charge in [-0.15, -0.1) is 11.8 Å². The molecule has 2 rings (SSSR count). The molecule has 2 aliphatic rings. The van der Waals surface area contributed by atoms with Gasteiger partial charge in [-0.25, -0.2) is 0 Å². The van der Waals surface area contributed by atoms with Crippen molar-refractivity contribution in [1.29, 1.82) is 0 Å². The minimum atomic E-state index is 0.259. The maximum Gasteiger partial charge on any atom is 0.230 e. The second kappa shape index (κ2) is 4.78. The molecule has 0 unspecified atom stereocenters. The monoisotopic (exact) mass is 238 g/mol. The number of hydrogen-bond acceptors (Lipinski definition) is 4. The van der Waals surface area contributed by atoms with Crippen LogP contribution in [0.5, 0.6) is 0 Å². The van der Waals surface area contributed by atoms with Gasteiger partial charge in [-0.05, 0) is 18.6 Å². The lowest BCUT2D eigenvalue weighted by Crippen LogP contribution is -1.96. The molecule has 2 heterocycles. The zero-order valence-electron chi connectivity index (χ0n) is 9.25. The Morgan fingerprint density at radius 2 is 2.25 bits per heavy atom. The van der Waals surface area contributed by atoms with Gasteiger partial charge in [-0.2, -0.15) is 0 Å². The molecule has 0 aromatic heterocycles. The Balaban J connectivity index is 2.19. The molecular weight excluding hydrogens is 224 g/mol. The maximum absolute atomic E-state index is 11.4. The van der Waals surface area contributed by atoms with E-state index < -0.39 is 0 Å². The van der Waals surface area contributed by atoms with E-state index in [-0.39, 0.29) is 12.6 Å². The Kier molecular flexibility index (Phi) is 3.39. The first kappa shape index (κ1) is 11.3. The van der Waals surface area contributed by atoms with Gasteiger partial charge in [0.1, 0.15) is 11.5 Å². The SMILES string of the molecule is C=C1CC(=O)CCS/C1=C/C1=C(C)OCO1. The van der Waals surface area contributed by atoms with Gasteiger partial charge in [0.05, 0.1) is 0 Å². The molecule has 0 radical (unpaired) electrons. The highest BCUT2D eigenvalue weighted by Gasteiger charge is 2.18. The van der Waals surface area contributed by atoms with Crippen LogP contribution >= 0.6 is 11.8 Å². The molecule has 2 aliphatic heterocycles. The van der Waals surface area contributed by atoms with Gasteiger partial charge < -0.3 is 9.47 Å². The number of hydrogen-bond donors (Lipinski definition) is 0. The van der Waals surface area contributed by atoms with Crippen molar-refractivity contribution in [3.8, 4) is 0 Å². The van der Waals surface area contributed by atoms with E-state index in [9.17, 15) is 4.79 Å². The molecule has 1 fully saturated rings. The molecule has 0 amide bonds. The summed E-state index contributed by atoms with van der Waals surface area (Å²) < 4.78 is 10.5. The molecule has 0 aromatic carbocycles. The van der Waals surface area contributed by atoms with Gasteiger partial charge in [0.2, 0.25) is 6.79 Å². The van der Waals surface area contributed by atoms with Gasteiger partial charge in [-0.1, -0.05) is 6.58 Å². The van der Waals surface area contributed by atoms with E-state index in [1.807, 2.05) is 13.0 Å². The fourth-order valence-corrected chi connectivity index (χ4v) is 2.57. The van der Waals surface area contributed by atoms with Crippen LogP contribution in [0.15, 0.2) is 34.7 Å². The first-order chi connectivity index (χ1) is 7.66. The fourth-order valence-electron chi connectivity index (χ4n) is 1.55. The van der Waals surface area contributed by atoms with Gasteiger partial charge >= 0.3 is 0 Å². The predicted molar refractivity (Wildman–Crippen MR) is 63.7 cm³/mol. The fraction of sp³-hybridized carbons (Fsp3) is 0.417. The second-order valence-corrected chi connectivity index (χ2v) is 4.89. The van der Waals surface area contributed by atoms with E-state index >= 15 is 0 Å². The summed E-state index contributed by atoms with van der Waals surface area (Å²) in [5.74, 6) is 2.61. The van der Waals surface area contributed by atoms with Crippen LogP contribution in [-0.4, -0.2) is 18.3 Å². The first-order valence-electron chi connectivity index (χ1n) is 5.17. The third kappa shape index (κ3) is 2.50. The number of rotatable bonds is 1. The van der Waals surface area contributed by atoms with Gasteiger partial charge in [0.15, 0.2) is 5.76 Å². The number of ether oxygens (including phenoxy) is 2. The summed E-state index contributed by atoms with van der Waals surface area (Å²) >= 11 is 1.66. The van der Waals surface area contributed by atoms with Crippen LogP contribution < -0.4 is 0 Å². The Morgan fingerprint density at radius 1 is 1.44 bits per heavy atom. The summed E-state index contributed by atoms with van der Waals surface area (Å²) in [6.45, 7) is 6.09. The molecule has 0 aliphatic carbocycles. The van der Waals surface area contributed by atoms with Crippen LogP contribution in [0.4, 0.5) is 0 Å². The minimum Gasteiger partial charge on any atom is -0.458 e. The van der Waals surface area contributed by atoms with Crippen molar-refractivity contribution in [3.63, 3.8) is 0 Å². The van der Waals surface area contributed by atoms with E-state index in [4.69, 9.17) is 9.47 Å². The number of ketones is 1. The normalized spacial score (nSPS) is 24.4. The highest BCUT2D eigenvalue weighted by molar-refractivity contribution is 8.03. The topological polar surface area (TPSA) is 35.5 Å². The molecule has 0 atom stereocenters. The summed E-state index contributed by atoms with van der Waals surface area (Å²) in [6.07, 6.45) is 3.00. The van der Waals surface area contributed by atoms with Crippen LogP contribution in [-0.2, 0) is 14.3 Å². The Labute approximate surface area is 99.2 Å². The highest BCUT2D eigenvalue weighted by atomic mass is 32.2. The van der Waals surface area contributed by atoms with Crippen LogP contribution in [0.25, 0.3) is 0 Å². The van der Waals surface area contributed by atoms with E-state index in [1.165, 1.54) is 0 Å². The molecule has 86 valence electrons. The molecule has 1 saturated heterocycles. The molecule has 0 saturated carbocycles. The predicted octanol–water partition coefficient (Wildman–Crippen LogP) is 2.76. The third-order valence-electron chi connectivity index (χ3n) is 2.50. The Hall–Kier alpha value is -1.16. The van der Waals surface area contributed by atoms with Gasteiger partial charge in [0.25, 0.3) is 0 Å². The second-order valence-electron chi connectivity index (χ2n) is 3.75. The number of Topliss-reactive ketones (excluding diaryl/α,β-unsaturated/α-hetero) is 1. The van der Waals surface area contributed by atoms with Gasteiger partial charge in [0, 0.05) is 23.5 Å².